The second-order valence-electron chi connectivity index (χ2n) is 5.86. The Morgan fingerprint density at radius 1 is 1.10 bits per heavy atom. The van der Waals surface area contributed by atoms with Crippen LogP contribution in [0.3, 0.4) is 0 Å². The van der Waals surface area contributed by atoms with Crippen LogP contribution in [-0.2, 0) is 14.4 Å². The fourth-order valence-corrected chi connectivity index (χ4v) is 2.62. The Kier molecular flexibility index (Phi) is 5.53. The second-order valence-corrected chi connectivity index (χ2v) is 5.86. The Morgan fingerprint density at radius 2 is 1.65 bits per heavy atom. The standard InChI is InChI=1S/C14H24N2O4/c1-9(2)11(15-10(3)17)12(18)16-14(13(19)20)7-5-4-6-8-14/h9,11H,4-8H2,1-3H3,(H,15,17)(H,16,18)(H,19,20)/t11-/m1/s1. The molecule has 20 heavy (non-hydrogen) atoms. The van der Waals surface area contributed by atoms with Crippen LogP contribution in [0.25, 0.3) is 0 Å². The molecule has 1 saturated carbocycles. The van der Waals surface area contributed by atoms with Crippen LogP contribution in [0.15, 0.2) is 0 Å². The van der Waals surface area contributed by atoms with Gasteiger partial charge in [0.1, 0.15) is 11.6 Å². The van der Waals surface area contributed by atoms with Gasteiger partial charge in [-0.05, 0) is 18.8 Å². The minimum atomic E-state index is -1.18. The molecular formula is C14H24N2O4. The number of nitrogens with one attached hydrogen (secondary N) is 2. The molecule has 0 aliphatic heterocycles. The average molecular weight is 284 g/mol. The maximum atomic E-state index is 12.3. The summed E-state index contributed by atoms with van der Waals surface area (Å²) in [4.78, 5) is 35.0. The average Bonchev–Trinajstić information content (AvgIpc) is 2.36. The van der Waals surface area contributed by atoms with E-state index in [4.69, 9.17) is 0 Å². The summed E-state index contributed by atoms with van der Waals surface area (Å²) < 4.78 is 0. The van der Waals surface area contributed by atoms with Gasteiger partial charge in [-0.15, -0.1) is 0 Å². The normalized spacial score (nSPS) is 19.2. The van der Waals surface area contributed by atoms with Crippen molar-refractivity contribution in [3.63, 3.8) is 0 Å². The monoisotopic (exact) mass is 284 g/mol. The van der Waals surface area contributed by atoms with E-state index in [0.29, 0.717) is 12.8 Å². The van der Waals surface area contributed by atoms with E-state index in [-0.39, 0.29) is 11.8 Å². The number of hydrogen-bond donors (Lipinski definition) is 3. The molecule has 0 saturated heterocycles. The molecule has 1 rings (SSSR count). The highest BCUT2D eigenvalue weighted by atomic mass is 16.4. The lowest BCUT2D eigenvalue weighted by atomic mass is 9.81. The Bertz CT molecular complexity index is 387. The molecular weight excluding hydrogens is 260 g/mol. The zero-order valence-electron chi connectivity index (χ0n) is 12.4. The van der Waals surface area contributed by atoms with E-state index < -0.39 is 23.5 Å². The number of carboxylic acids is 1. The van der Waals surface area contributed by atoms with Gasteiger partial charge < -0.3 is 15.7 Å². The molecule has 114 valence electrons. The Hall–Kier alpha value is -1.59. The lowest BCUT2D eigenvalue weighted by Gasteiger charge is -2.35. The predicted molar refractivity (Wildman–Crippen MR) is 74.0 cm³/mol. The van der Waals surface area contributed by atoms with Crippen LogP contribution in [0, 0.1) is 5.92 Å². The van der Waals surface area contributed by atoms with Gasteiger partial charge in [-0.1, -0.05) is 33.1 Å². The van der Waals surface area contributed by atoms with E-state index in [2.05, 4.69) is 10.6 Å². The lowest BCUT2D eigenvalue weighted by Crippen LogP contribution is -2.60. The Labute approximate surface area is 119 Å². The molecule has 0 radical (unpaired) electrons. The zero-order chi connectivity index (χ0) is 15.3. The van der Waals surface area contributed by atoms with E-state index in [0.717, 1.165) is 19.3 Å². The number of carbonyl (C=O) groups is 3. The van der Waals surface area contributed by atoms with E-state index >= 15 is 0 Å². The topological polar surface area (TPSA) is 95.5 Å². The SMILES string of the molecule is CC(=O)N[C@@H](C(=O)NC1(C(=O)O)CCCCC1)C(C)C. The molecule has 1 atom stereocenters. The van der Waals surface area contributed by atoms with E-state index in [1.165, 1.54) is 6.92 Å². The fourth-order valence-electron chi connectivity index (χ4n) is 2.62. The third kappa shape index (κ3) is 3.95. The first-order valence-corrected chi connectivity index (χ1v) is 7.11. The third-order valence-corrected chi connectivity index (χ3v) is 3.79. The van der Waals surface area contributed by atoms with Crippen LogP contribution in [-0.4, -0.2) is 34.5 Å². The van der Waals surface area contributed by atoms with Crippen LogP contribution in [0.2, 0.25) is 0 Å². The summed E-state index contributed by atoms with van der Waals surface area (Å²) in [5.41, 5.74) is -1.18. The highest BCUT2D eigenvalue weighted by Gasteiger charge is 2.42. The lowest BCUT2D eigenvalue weighted by molar-refractivity contribution is -0.150. The number of amides is 2. The summed E-state index contributed by atoms with van der Waals surface area (Å²) >= 11 is 0. The largest absolute Gasteiger partial charge is 0.480 e. The first-order valence-electron chi connectivity index (χ1n) is 7.11. The molecule has 0 bridgehead atoms. The van der Waals surface area contributed by atoms with Gasteiger partial charge in [0.25, 0.3) is 0 Å². The van der Waals surface area contributed by atoms with Crippen LogP contribution in [0.1, 0.15) is 52.9 Å². The minimum Gasteiger partial charge on any atom is -0.480 e. The molecule has 0 heterocycles. The van der Waals surface area contributed by atoms with Gasteiger partial charge in [-0.3, -0.25) is 9.59 Å². The summed E-state index contributed by atoms with van der Waals surface area (Å²) in [6.07, 6.45) is 3.46. The van der Waals surface area contributed by atoms with Crippen molar-refractivity contribution < 1.29 is 19.5 Å². The molecule has 6 heteroatoms. The van der Waals surface area contributed by atoms with Gasteiger partial charge in [0.15, 0.2) is 0 Å². The molecule has 0 spiro atoms. The van der Waals surface area contributed by atoms with Crippen LogP contribution in [0.4, 0.5) is 0 Å². The first-order chi connectivity index (χ1) is 9.28. The van der Waals surface area contributed by atoms with Crippen molar-refractivity contribution in [1.29, 1.82) is 0 Å². The van der Waals surface area contributed by atoms with E-state index in [1.807, 2.05) is 13.8 Å². The molecule has 6 nitrogen and oxygen atoms in total. The number of carbonyl (C=O) groups excluding carboxylic acids is 2. The van der Waals surface area contributed by atoms with Gasteiger partial charge in [0.05, 0.1) is 0 Å². The molecule has 0 aromatic carbocycles. The molecule has 1 aliphatic rings. The molecule has 0 unspecified atom stereocenters. The summed E-state index contributed by atoms with van der Waals surface area (Å²) in [6.45, 7) is 4.97. The van der Waals surface area contributed by atoms with Crippen LogP contribution in [0.5, 0.6) is 0 Å². The number of hydrogen-bond acceptors (Lipinski definition) is 3. The molecule has 1 fully saturated rings. The van der Waals surface area contributed by atoms with Crippen molar-refractivity contribution in [2.45, 2.75) is 64.5 Å². The maximum absolute atomic E-state index is 12.3. The van der Waals surface area contributed by atoms with Crippen molar-refractivity contribution in [3.05, 3.63) is 0 Å². The fraction of sp³-hybridized carbons (Fsp3) is 0.786. The highest BCUT2D eigenvalue weighted by Crippen LogP contribution is 2.28. The molecule has 3 N–H and O–H groups in total. The molecule has 1 aliphatic carbocycles. The van der Waals surface area contributed by atoms with Crippen LogP contribution >= 0.6 is 0 Å². The van der Waals surface area contributed by atoms with E-state index in [1.54, 1.807) is 0 Å². The van der Waals surface area contributed by atoms with Crippen molar-refractivity contribution in [1.82, 2.24) is 10.6 Å². The maximum Gasteiger partial charge on any atom is 0.329 e. The van der Waals surface area contributed by atoms with Crippen molar-refractivity contribution in [3.8, 4) is 0 Å². The van der Waals surface area contributed by atoms with Crippen molar-refractivity contribution in [2.24, 2.45) is 5.92 Å². The summed E-state index contributed by atoms with van der Waals surface area (Å²) in [7, 11) is 0. The quantitative estimate of drug-likeness (QED) is 0.703. The summed E-state index contributed by atoms with van der Waals surface area (Å²) in [5.74, 6) is -1.81. The number of carboxylic acid groups (broad SMARTS) is 1. The van der Waals surface area contributed by atoms with Gasteiger partial charge in [-0.2, -0.15) is 0 Å². The minimum absolute atomic E-state index is 0.103. The molecule has 0 aromatic rings. The number of rotatable bonds is 5. The first kappa shape index (κ1) is 16.5. The van der Waals surface area contributed by atoms with Gasteiger partial charge in [0, 0.05) is 6.92 Å². The van der Waals surface area contributed by atoms with Gasteiger partial charge >= 0.3 is 5.97 Å². The Balaban J connectivity index is 2.83. The number of aliphatic carboxylic acids is 1. The Morgan fingerprint density at radius 3 is 2.05 bits per heavy atom. The smallest absolute Gasteiger partial charge is 0.329 e. The van der Waals surface area contributed by atoms with Gasteiger partial charge in [-0.25, -0.2) is 4.79 Å². The molecule has 0 aromatic heterocycles. The van der Waals surface area contributed by atoms with E-state index in [9.17, 15) is 19.5 Å². The highest BCUT2D eigenvalue weighted by molar-refractivity contribution is 5.92. The predicted octanol–water partition coefficient (Wildman–Crippen LogP) is 1.05. The summed E-state index contributed by atoms with van der Waals surface area (Å²) in [5, 5.41) is 14.7. The zero-order valence-corrected chi connectivity index (χ0v) is 12.4. The molecule has 2 amide bonds. The second kappa shape index (κ2) is 6.72. The van der Waals surface area contributed by atoms with Crippen molar-refractivity contribution >= 4 is 17.8 Å². The third-order valence-electron chi connectivity index (χ3n) is 3.79. The summed E-state index contributed by atoms with van der Waals surface area (Å²) in [6, 6.07) is -0.703. The van der Waals surface area contributed by atoms with Crippen molar-refractivity contribution in [2.75, 3.05) is 0 Å². The van der Waals surface area contributed by atoms with Crippen LogP contribution < -0.4 is 10.6 Å². The van der Waals surface area contributed by atoms with Gasteiger partial charge in [0.2, 0.25) is 11.8 Å².